The Hall–Kier alpha value is -2.14. The minimum atomic E-state index is -4.48. The van der Waals surface area contributed by atoms with Gasteiger partial charge in [0.2, 0.25) is 21.8 Å². The van der Waals surface area contributed by atoms with Gasteiger partial charge in [-0.15, -0.1) is 0 Å². The molecule has 0 aromatic heterocycles. The number of hydrogen-bond acceptors (Lipinski definition) is 4. The number of nitrogens with one attached hydrogen (secondary N) is 1. The quantitative estimate of drug-likeness (QED) is 0.769. The third-order valence-corrected chi connectivity index (χ3v) is 7.06. The number of halogens is 3. The zero-order chi connectivity index (χ0) is 21.2. The second-order valence-corrected chi connectivity index (χ2v) is 9.09. The fraction of sp³-hybridized carbons (Fsp3) is 0.556. The molecule has 0 aliphatic carbocycles. The van der Waals surface area contributed by atoms with Crippen LogP contribution in [0.15, 0.2) is 29.2 Å². The number of alkyl halides is 3. The zero-order valence-electron chi connectivity index (χ0n) is 15.6. The number of anilines is 1. The zero-order valence-corrected chi connectivity index (χ0v) is 16.4. The summed E-state index contributed by atoms with van der Waals surface area (Å²) in [5, 5.41) is 1.85. The fourth-order valence-corrected chi connectivity index (χ4v) is 5.03. The summed E-state index contributed by atoms with van der Waals surface area (Å²) in [4.78, 5) is 25.3. The van der Waals surface area contributed by atoms with E-state index in [-0.39, 0.29) is 36.7 Å². The van der Waals surface area contributed by atoms with E-state index in [1.807, 2.05) is 5.32 Å². The monoisotopic (exact) mass is 433 g/mol. The molecule has 0 bridgehead atoms. The van der Waals surface area contributed by atoms with E-state index in [1.165, 1.54) is 16.4 Å². The molecule has 2 amide bonds. The molecule has 0 saturated carbocycles. The lowest BCUT2D eigenvalue weighted by molar-refractivity contribution is -0.141. The average molecular weight is 433 g/mol. The van der Waals surface area contributed by atoms with Crippen molar-refractivity contribution in [3.8, 4) is 0 Å². The number of amides is 2. The Morgan fingerprint density at radius 1 is 1.10 bits per heavy atom. The summed E-state index contributed by atoms with van der Waals surface area (Å²) in [6, 6.07) is 6.07. The Labute approximate surface area is 166 Å². The van der Waals surface area contributed by atoms with Crippen LogP contribution in [0.2, 0.25) is 0 Å². The molecule has 3 rings (SSSR count). The van der Waals surface area contributed by atoms with E-state index in [0.717, 1.165) is 6.42 Å². The molecule has 0 spiro atoms. The largest absolute Gasteiger partial charge is 0.405 e. The Kier molecular flexibility index (Phi) is 6.18. The molecular formula is C18H22F3N3O4S. The molecule has 1 aromatic rings. The van der Waals surface area contributed by atoms with Gasteiger partial charge in [0.05, 0.1) is 4.90 Å². The van der Waals surface area contributed by atoms with Gasteiger partial charge in [-0.3, -0.25) is 9.59 Å². The molecular weight excluding hydrogens is 411 g/mol. The van der Waals surface area contributed by atoms with Crippen LogP contribution < -0.4 is 10.2 Å². The highest BCUT2D eigenvalue weighted by molar-refractivity contribution is 7.89. The van der Waals surface area contributed by atoms with E-state index in [2.05, 4.69) is 0 Å². The molecule has 2 heterocycles. The highest BCUT2D eigenvalue weighted by Gasteiger charge is 2.34. The van der Waals surface area contributed by atoms with Crippen LogP contribution in [-0.2, 0) is 19.6 Å². The highest BCUT2D eigenvalue weighted by Crippen LogP contribution is 2.27. The Bertz CT molecular complexity index is 863. The van der Waals surface area contributed by atoms with Crippen molar-refractivity contribution in [2.45, 2.75) is 36.8 Å². The van der Waals surface area contributed by atoms with Crippen LogP contribution >= 0.6 is 0 Å². The van der Waals surface area contributed by atoms with E-state index in [1.54, 1.807) is 17.0 Å². The summed E-state index contributed by atoms with van der Waals surface area (Å²) in [6.45, 7) is -0.678. The van der Waals surface area contributed by atoms with Gasteiger partial charge in [-0.2, -0.15) is 17.5 Å². The minimum Gasteiger partial charge on any atom is -0.347 e. The van der Waals surface area contributed by atoms with E-state index in [0.29, 0.717) is 18.7 Å². The molecule has 0 atom stereocenters. The average Bonchev–Trinajstić information content (AvgIpc) is 3.11. The molecule has 0 unspecified atom stereocenters. The molecule has 29 heavy (non-hydrogen) atoms. The molecule has 0 radical (unpaired) electrons. The number of benzene rings is 1. The van der Waals surface area contributed by atoms with Crippen LogP contribution in [0.3, 0.4) is 0 Å². The maximum absolute atomic E-state index is 12.8. The van der Waals surface area contributed by atoms with Crippen LogP contribution in [0.1, 0.15) is 25.7 Å². The SMILES string of the molecule is O=C(NCC(F)(F)F)C1CCN(S(=O)(=O)c2ccc(N3CCCC3=O)cc2)CC1. The van der Waals surface area contributed by atoms with Crippen molar-refractivity contribution in [2.75, 3.05) is 31.1 Å². The molecule has 2 aliphatic heterocycles. The van der Waals surface area contributed by atoms with Gasteiger partial charge in [-0.25, -0.2) is 8.42 Å². The minimum absolute atomic E-state index is 0.00600. The topological polar surface area (TPSA) is 86.8 Å². The van der Waals surface area contributed by atoms with Crippen LogP contribution in [-0.4, -0.2) is 56.9 Å². The van der Waals surface area contributed by atoms with Gasteiger partial charge in [0.25, 0.3) is 0 Å². The van der Waals surface area contributed by atoms with E-state index >= 15 is 0 Å². The maximum Gasteiger partial charge on any atom is 0.405 e. The first-order valence-corrected chi connectivity index (χ1v) is 10.8. The molecule has 2 aliphatic rings. The molecule has 11 heteroatoms. The predicted molar refractivity (Wildman–Crippen MR) is 98.6 cm³/mol. The second kappa shape index (κ2) is 8.31. The third-order valence-electron chi connectivity index (χ3n) is 5.15. The summed E-state index contributed by atoms with van der Waals surface area (Å²) in [6.07, 6.45) is -2.92. The Balaban J connectivity index is 1.59. The summed E-state index contributed by atoms with van der Waals surface area (Å²) >= 11 is 0. The summed E-state index contributed by atoms with van der Waals surface area (Å²) < 4.78 is 63.5. The van der Waals surface area contributed by atoms with Crippen molar-refractivity contribution in [3.63, 3.8) is 0 Å². The normalized spacial score (nSPS) is 19.6. The van der Waals surface area contributed by atoms with E-state index in [4.69, 9.17) is 0 Å². The van der Waals surface area contributed by atoms with Gasteiger partial charge >= 0.3 is 6.18 Å². The number of sulfonamides is 1. The molecule has 160 valence electrons. The summed E-state index contributed by atoms with van der Waals surface area (Å²) in [5.41, 5.74) is 0.645. The lowest BCUT2D eigenvalue weighted by Crippen LogP contribution is -2.44. The van der Waals surface area contributed by atoms with Crippen LogP contribution in [0, 0.1) is 5.92 Å². The smallest absolute Gasteiger partial charge is 0.347 e. The number of rotatable bonds is 5. The lowest BCUT2D eigenvalue weighted by atomic mass is 9.97. The molecule has 1 N–H and O–H groups in total. The Morgan fingerprint density at radius 3 is 2.24 bits per heavy atom. The Morgan fingerprint density at radius 2 is 1.72 bits per heavy atom. The standard InChI is InChI=1S/C18H22F3N3O4S/c19-18(20,21)12-22-17(26)13-7-10-23(11-8-13)29(27,28)15-5-3-14(4-6-15)24-9-1-2-16(24)25/h3-6,13H,1-2,7-12H2,(H,22,26). The van der Waals surface area contributed by atoms with Crippen LogP contribution in [0.5, 0.6) is 0 Å². The number of carbonyl (C=O) groups excluding carboxylic acids is 2. The fourth-order valence-electron chi connectivity index (χ4n) is 3.56. The number of piperidine rings is 1. The van der Waals surface area contributed by atoms with Crippen molar-refractivity contribution < 1.29 is 31.2 Å². The third kappa shape index (κ3) is 5.08. The first-order chi connectivity index (χ1) is 13.6. The number of carbonyl (C=O) groups is 2. The van der Waals surface area contributed by atoms with Gasteiger partial charge in [0, 0.05) is 37.7 Å². The first kappa shape index (κ1) is 21.6. The lowest BCUT2D eigenvalue weighted by Gasteiger charge is -2.30. The van der Waals surface area contributed by atoms with Gasteiger partial charge in [-0.05, 0) is 43.5 Å². The van der Waals surface area contributed by atoms with Crippen molar-refractivity contribution in [3.05, 3.63) is 24.3 Å². The maximum atomic E-state index is 12.8. The predicted octanol–water partition coefficient (Wildman–Crippen LogP) is 1.89. The molecule has 2 fully saturated rings. The van der Waals surface area contributed by atoms with Gasteiger partial charge in [0.15, 0.2) is 0 Å². The number of nitrogens with zero attached hydrogens (tertiary/aromatic N) is 2. The van der Waals surface area contributed by atoms with E-state index < -0.39 is 34.6 Å². The van der Waals surface area contributed by atoms with Crippen molar-refractivity contribution >= 4 is 27.5 Å². The van der Waals surface area contributed by atoms with Crippen molar-refractivity contribution in [1.29, 1.82) is 0 Å². The van der Waals surface area contributed by atoms with Gasteiger partial charge in [0.1, 0.15) is 6.54 Å². The molecule has 2 saturated heterocycles. The van der Waals surface area contributed by atoms with Crippen LogP contribution in [0.4, 0.5) is 18.9 Å². The second-order valence-electron chi connectivity index (χ2n) is 7.15. The summed E-state index contributed by atoms with van der Waals surface area (Å²) in [7, 11) is -3.78. The first-order valence-electron chi connectivity index (χ1n) is 9.33. The highest BCUT2D eigenvalue weighted by atomic mass is 32.2. The van der Waals surface area contributed by atoms with Crippen molar-refractivity contribution in [2.24, 2.45) is 5.92 Å². The van der Waals surface area contributed by atoms with Gasteiger partial charge in [-0.1, -0.05) is 0 Å². The summed E-state index contributed by atoms with van der Waals surface area (Å²) in [5.74, 6) is -1.35. The number of hydrogen-bond donors (Lipinski definition) is 1. The van der Waals surface area contributed by atoms with Crippen LogP contribution in [0.25, 0.3) is 0 Å². The molecule has 1 aromatic carbocycles. The molecule has 7 nitrogen and oxygen atoms in total. The van der Waals surface area contributed by atoms with E-state index in [9.17, 15) is 31.2 Å². The van der Waals surface area contributed by atoms with Gasteiger partial charge < -0.3 is 10.2 Å². The van der Waals surface area contributed by atoms with Crippen molar-refractivity contribution in [1.82, 2.24) is 9.62 Å².